The minimum absolute atomic E-state index is 0.211. The Morgan fingerprint density at radius 1 is 1.24 bits per heavy atom. The number of nitrogens with one attached hydrogen (secondary N) is 1. The van der Waals surface area contributed by atoms with Gasteiger partial charge in [-0.05, 0) is 30.5 Å². The standard InChI is InChI=1S/C16H22N2O2S/c19-16(18-7-9-20-10-8-18)12-21-15-5-1-13(2-6-15)11-17-14-3-4-14/h1-2,5-6,14,17H,3-4,7-12H2. The summed E-state index contributed by atoms with van der Waals surface area (Å²) >= 11 is 1.62. The molecule has 2 fully saturated rings. The van der Waals surface area contributed by atoms with Gasteiger partial charge in [0.15, 0.2) is 0 Å². The van der Waals surface area contributed by atoms with Gasteiger partial charge >= 0.3 is 0 Å². The summed E-state index contributed by atoms with van der Waals surface area (Å²) in [7, 11) is 0. The van der Waals surface area contributed by atoms with Crippen molar-refractivity contribution in [1.29, 1.82) is 0 Å². The highest BCUT2D eigenvalue weighted by Crippen LogP contribution is 2.21. The number of thioether (sulfide) groups is 1. The number of nitrogens with zero attached hydrogens (tertiary/aromatic N) is 1. The molecule has 1 saturated heterocycles. The average molecular weight is 306 g/mol. The minimum atomic E-state index is 0.211. The third-order valence-corrected chi connectivity index (χ3v) is 4.82. The highest BCUT2D eigenvalue weighted by molar-refractivity contribution is 8.00. The number of ether oxygens (including phenoxy) is 1. The number of morpholine rings is 1. The number of amides is 1. The molecule has 0 bridgehead atoms. The van der Waals surface area contributed by atoms with Gasteiger partial charge in [-0.2, -0.15) is 0 Å². The molecular formula is C16H22N2O2S. The van der Waals surface area contributed by atoms with Crippen LogP contribution < -0.4 is 5.32 Å². The van der Waals surface area contributed by atoms with Crippen LogP contribution in [0.2, 0.25) is 0 Å². The second kappa shape index (κ2) is 7.29. The maximum Gasteiger partial charge on any atom is 0.233 e. The number of benzene rings is 1. The summed E-state index contributed by atoms with van der Waals surface area (Å²) in [5, 5.41) is 3.51. The lowest BCUT2D eigenvalue weighted by molar-refractivity contribution is -0.132. The molecule has 21 heavy (non-hydrogen) atoms. The number of hydrogen-bond donors (Lipinski definition) is 1. The van der Waals surface area contributed by atoms with Gasteiger partial charge in [0.05, 0.1) is 19.0 Å². The quantitative estimate of drug-likeness (QED) is 0.815. The second-order valence-electron chi connectivity index (χ2n) is 5.58. The van der Waals surface area contributed by atoms with Crippen molar-refractivity contribution >= 4 is 17.7 Å². The topological polar surface area (TPSA) is 41.6 Å². The Morgan fingerprint density at radius 2 is 1.95 bits per heavy atom. The summed E-state index contributed by atoms with van der Waals surface area (Å²) < 4.78 is 5.26. The summed E-state index contributed by atoms with van der Waals surface area (Å²) in [6, 6.07) is 9.26. The lowest BCUT2D eigenvalue weighted by Crippen LogP contribution is -2.41. The van der Waals surface area contributed by atoms with Crippen LogP contribution >= 0.6 is 11.8 Å². The van der Waals surface area contributed by atoms with Gasteiger partial charge in [-0.15, -0.1) is 11.8 Å². The van der Waals surface area contributed by atoms with Crippen molar-refractivity contribution in [3.63, 3.8) is 0 Å². The molecule has 1 aliphatic carbocycles. The molecule has 1 saturated carbocycles. The molecule has 1 heterocycles. The molecule has 5 heteroatoms. The molecule has 1 aromatic rings. The molecule has 1 amide bonds. The van der Waals surface area contributed by atoms with Gasteiger partial charge in [0, 0.05) is 30.6 Å². The van der Waals surface area contributed by atoms with Crippen molar-refractivity contribution in [2.45, 2.75) is 30.3 Å². The van der Waals surface area contributed by atoms with Gasteiger partial charge in [-0.3, -0.25) is 4.79 Å². The Kier molecular flexibility index (Phi) is 5.17. The van der Waals surface area contributed by atoms with Crippen LogP contribution in [0, 0.1) is 0 Å². The van der Waals surface area contributed by atoms with E-state index in [4.69, 9.17) is 4.74 Å². The molecule has 0 aromatic heterocycles. The van der Waals surface area contributed by atoms with E-state index in [1.54, 1.807) is 11.8 Å². The first kappa shape index (κ1) is 14.9. The third kappa shape index (κ3) is 4.73. The normalized spacial score (nSPS) is 18.8. The van der Waals surface area contributed by atoms with Gasteiger partial charge in [-0.25, -0.2) is 0 Å². The fourth-order valence-corrected chi connectivity index (χ4v) is 3.10. The summed E-state index contributed by atoms with van der Waals surface area (Å²) in [6.45, 7) is 3.73. The van der Waals surface area contributed by atoms with Crippen molar-refractivity contribution in [2.75, 3.05) is 32.1 Å². The molecule has 0 spiro atoms. The predicted octanol–water partition coefficient (Wildman–Crippen LogP) is 1.89. The Hall–Kier alpha value is -1.04. The van der Waals surface area contributed by atoms with Crippen LogP contribution in [0.25, 0.3) is 0 Å². The molecule has 1 N–H and O–H groups in total. The lowest BCUT2D eigenvalue weighted by Gasteiger charge is -2.26. The Labute approximate surface area is 130 Å². The smallest absolute Gasteiger partial charge is 0.233 e. The Bertz CT molecular complexity index is 468. The second-order valence-corrected chi connectivity index (χ2v) is 6.63. The predicted molar refractivity (Wildman–Crippen MR) is 84.4 cm³/mol. The average Bonchev–Trinajstić information content (AvgIpc) is 3.37. The lowest BCUT2D eigenvalue weighted by atomic mass is 10.2. The van der Waals surface area contributed by atoms with E-state index in [1.165, 1.54) is 18.4 Å². The van der Waals surface area contributed by atoms with E-state index in [0.717, 1.165) is 30.6 Å². The summed E-state index contributed by atoms with van der Waals surface area (Å²) in [6.07, 6.45) is 2.63. The van der Waals surface area contributed by atoms with Crippen LogP contribution in [0.1, 0.15) is 18.4 Å². The van der Waals surface area contributed by atoms with E-state index in [2.05, 4.69) is 29.6 Å². The van der Waals surface area contributed by atoms with E-state index in [-0.39, 0.29) is 5.91 Å². The molecule has 2 aliphatic rings. The SMILES string of the molecule is O=C(CSc1ccc(CNC2CC2)cc1)N1CCOCC1. The molecule has 0 atom stereocenters. The largest absolute Gasteiger partial charge is 0.378 e. The Balaban J connectivity index is 1.42. The summed E-state index contributed by atoms with van der Waals surface area (Å²) in [5.74, 6) is 0.724. The van der Waals surface area contributed by atoms with Gasteiger partial charge < -0.3 is 15.0 Å². The highest BCUT2D eigenvalue weighted by Gasteiger charge is 2.20. The van der Waals surface area contributed by atoms with Crippen LogP contribution in [0.4, 0.5) is 0 Å². The van der Waals surface area contributed by atoms with E-state index in [0.29, 0.717) is 19.0 Å². The molecule has 0 radical (unpaired) electrons. The first-order chi connectivity index (χ1) is 10.3. The molecule has 0 unspecified atom stereocenters. The highest BCUT2D eigenvalue weighted by atomic mass is 32.2. The maximum atomic E-state index is 12.1. The summed E-state index contributed by atoms with van der Waals surface area (Å²) in [4.78, 5) is 15.1. The van der Waals surface area contributed by atoms with Crippen LogP contribution in [0.5, 0.6) is 0 Å². The number of carbonyl (C=O) groups excluding carboxylic acids is 1. The number of hydrogen-bond acceptors (Lipinski definition) is 4. The van der Waals surface area contributed by atoms with Crippen LogP contribution in [-0.2, 0) is 16.1 Å². The number of carbonyl (C=O) groups is 1. The van der Waals surface area contributed by atoms with Gasteiger partial charge in [0.1, 0.15) is 0 Å². The zero-order valence-electron chi connectivity index (χ0n) is 12.2. The van der Waals surface area contributed by atoms with Gasteiger partial charge in [0.25, 0.3) is 0 Å². The third-order valence-electron chi connectivity index (χ3n) is 3.82. The van der Waals surface area contributed by atoms with Gasteiger partial charge in [0.2, 0.25) is 5.91 Å². The number of rotatable bonds is 6. The summed E-state index contributed by atoms with van der Waals surface area (Å²) in [5.41, 5.74) is 1.31. The van der Waals surface area contributed by atoms with E-state index in [9.17, 15) is 4.79 Å². The first-order valence-electron chi connectivity index (χ1n) is 7.62. The molecule has 3 rings (SSSR count). The Morgan fingerprint density at radius 3 is 2.62 bits per heavy atom. The van der Waals surface area contributed by atoms with Crippen molar-refractivity contribution in [2.24, 2.45) is 0 Å². The van der Waals surface area contributed by atoms with Crippen LogP contribution in [0.3, 0.4) is 0 Å². The first-order valence-corrected chi connectivity index (χ1v) is 8.60. The zero-order chi connectivity index (χ0) is 14.5. The zero-order valence-corrected chi connectivity index (χ0v) is 13.0. The maximum absolute atomic E-state index is 12.1. The molecule has 1 aliphatic heterocycles. The van der Waals surface area contributed by atoms with Crippen molar-refractivity contribution in [1.82, 2.24) is 10.2 Å². The molecule has 114 valence electrons. The van der Waals surface area contributed by atoms with E-state index >= 15 is 0 Å². The fraction of sp³-hybridized carbons (Fsp3) is 0.562. The van der Waals surface area contributed by atoms with E-state index < -0.39 is 0 Å². The molecule has 4 nitrogen and oxygen atoms in total. The van der Waals surface area contributed by atoms with Gasteiger partial charge in [-0.1, -0.05) is 12.1 Å². The molecule has 1 aromatic carbocycles. The van der Waals surface area contributed by atoms with Crippen molar-refractivity contribution in [3.8, 4) is 0 Å². The minimum Gasteiger partial charge on any atom is -0.378 e. The monoisotopic (exact) mass is 306 g/mol. The van der Waals surface area contributed by atoms with Crippen molar-refractivity contribution in [3.05, 3.63) is 29.8 Å². The van der Waals surface area contributed by atoms with Crippen LogP contribution in [-0.4, -0.2) is 48.9 Å². The fourth-order valence-electron chi connectivity index (χ4n) is 2.30. The van der Waals surface area contributed by atoms with E-state index in [1.807, 2.05) is 4.90 Å². The van der Waals surface area contributed by atoms with Crippen molar-refractivity contribution < 1.29 is 9.53 Å². The van der Waals surface area contributed by atoms with Crippen LogP contribution in [0.15, 0.2) is 29.2 Å². The molecular weight excluding hydrogens is 284 g/mol.